The predicted octanol–water partition coefficient (Wildman–Crippen LogP) is 5.64. The van der Waals surface area contributed by atoms with Crippen LogP contribution in [0, 0.1) is 11.7 Å². The largest absolute Gasteiger partial charge is 0.471 e. The van der Waals surface area contributed by atoms with Gasteiger partial charge >= 0.3 is 6.09 Å². The summed E-state index contributed by atoms with van der Waals surface area (Å²) in [5, 5.41) is 7.42. The third kappa shape index (κ3) is 8.99. The van der Waals surface area contributed by atoms with Crippen LogP contribution in [0.4, 0.5) is 9.18 Å². The van der Waals surface area contributed by atoms with E-state index in [2.05, 4.69) is 10.6 Å². The van der Waals surface area contributed by atoms with E-state index in [1.807, 2.05) is 46.5 Å². The average molecular weight is 833 g/mol. The number of sulfonamides is 1. The summed E-state index contributed by atoms with van der Waals surface area (Å²) in [5.74, 6) is -3.76. The van der Waals surface area contributed by atoms with Crippen molar-refractivity contribution in [1.29, 1.82) is 0 Å². The van der Waals surface area contributed by atoms with Crippen LogP contribution >= 0.6 is 11.3 Å². The number of carbonyl (C=O) groups is 4. The molecule has 4 amide bonds. The zero-order chi connectivity index (χ0) is 41.2. The molecule has 2 fully saturated rings. The number of nitrogens with one attached hydrogen (secondary N) is 3. The number of ether oxygens (including phenoxy) is 2. The summed E-state index contributed by atoms with van der Waals surface area (Å²) < 4.78 is 55.2. The van der Waals surface area contributed by atoms with E-state index in [1.54, 1.807) is 32.9 Å². The molecule has 3 aliphatic rings. The molecular weight excluding hydrogens is 788 g/mol. The first-order valence-electron chi connectivity index (χ1n) is 19.2. The summed E-state index contributed by atoms with van der Waals surface area (Å²) in [7, 11) is -4.67. The molecule has 58 heavy (non-hydrogen) atoms. The van der Waals surface area contributed by atoms with Gasteiger partial charge in [-0.15, -0.1) is 11.3 Å². The number of aromatic nitrogens is 2. The molecule has 17 heteroatoms. The number of para-hydroxylation sites is 2. The first-order chi connectivity index (χ1) is 27.6. The van der Waals surface area contributed by atoms with E-state index in [9.17, 15) is 32.0 Å². The summed E-state index contributed by atoms with van der Waals surface area (Å²) in [5.41, 5.74) is -0.851. The maximum atomic E-state index is 14.6. The van der Waals surface area contributed by atoms with Gasteiger partial charge in [0, 0.05) is 12.3 Å². The topological polar surface area (TPSA) is 186 Å². The Morgan fingerprint density at radius 1 is 1.00 bits per heavy atom. The smallest absolute Gasteiger partial charge is 0.408 e. The van der Waals surface area contributed by atoms with Crippen LogP contribution in [-0.2, 0) is 29.1 Å². The second-order valence-electron chi connectivity index (χ2n) is 15.7. The minimum Gasteiger partial charge on any atom is -0.471 e. The Kier molecular flexibility index (Phi) is 11.6. The quantitative estimate of drug-likeness (QED) is 0.197. The molecule has 4 aromatic rings. The predicted molar refractivity (Wildman–Crippen MR) is 213 cm³/mol. The zero-order valence-corrected chi connectivity index (χ0v) is 33.9. The Labute approximate surface area is 339 Å². The molecule has 14 nitrogen and oxygen atoms in total. The Hall–Kier alpha value is -5.42. The number of benzene rings is 2. The molecule has 7 rings (SSSR count). The van der Waals surface area contributed by atoms with E-state index in [0.29, 0.717) is 36.0 Å². The van der Waals surface area contributed by atoms with Gasteiger partial charge in [0.05, 0.1) is 22.5 Å². The first kappa shape index (κ1) is 40.8. The van der Waals surface area contributed by atoms with E-state index in [-0.39, 0.29) is 31.7 Å². The van der Waals surface area contributed by atoms with E-state index < -0.39 is 79.8 Å². The van der Waals surface area contributed by atoms with E-state index >= 15 is 0 Å². The van der Waals surface area contributed by atoms with E-state index in [0.717, 1.165) is 23.4 Å². The van der Waals surface area contributed by atoms with Crippen molar-refractivity contribution >= 4 is 56.2 Å². The fourth-order valence-corrected chi connectivity index (χ4v) is 9.17. The maximum absolute atomic E-state index is 14.6. The van der Waals surface area contributed by atoms with Crippen molar-refractivity contribution in [1.82, 2.24) is 30.2 Å². The summed E-state index contributed by atoms with van der Waals surface area (Å²) in [6.07, 6.45) is 4.98. The number of rotatable bonds is 7. The number of carbonyl (C=O) groups excluding carboxylic acids is 4. The molecule has 1 saturated heterocycles. The molecule has 4 heterocycles. The molecule has 0 bridgehead atoms. The van der Waals surface area contributed by atoms with Crippen molar-refractivity contribution in [3.05, 3.63) is 84.0 Å². The summed E-state index contributed by atoms with van der Waals surface area (Å²) >= 11 is 1.45. The standard InChI is InChI=1S/C41H45FN6O8S2/c1-40(2,3)56-39(52)45-30-18-8-6-4-5-7-14-25-23-41(25,38(51)47-58(53,54)33-20-12-9-15-27(33)42)46-35(49)31-22-26(24-48(31)37(30)50)55-36-34(32-19-13-21-57-32)43-28-16-10-11-17-29(28)44-36/h7,9-17,19-21,25-26,30-31H,4-6,8,18,22-24H2,1-3H3,(H,45,52)(H,46,49)(H,47,51)/b14-7-/t25?,26-,30+,31+,41-/m1/s1. The molecular formula is C41H45FN6O8S2. The van der Waals surface area contributed by atoms with Gasteiger partial charge in [0.25, 0.3) is 15.9 Å². The Morgan fingerprint density at radius 2 is 1.74 bits per heavy atom. The number of hydrogen-bond acceptors (Lipinski definition) is 11. The SMILES string of the molecule is CC(C)(C)OC(=O)N[C@H]1CCCCC/C=C\C2C[C@@]2(C(=O)NS(=O)(=O)c2ccccc2F)NC(=O)[C@@H]2C[C@@H](Oc3nc4ccccc4nc3-c3cccs3)CN2C1=O. The number of halogens is 1. The first-order valence-corrected chi connectivity index (χ1v) is 21.6. The Balaban J connectivity index is 1.22. The molecule has 0 spiro atoms. The van der Waals surface area contributed by atoms with Gasteiger partial charge < -0.3 is 25.0 Å². The van der Waals surface area contributed by atoms with Crippen LogP contribution < -0.4 is 20.1 Å². The van der Waals surface area contributed by atoms with E-state index in [4.69, 9.17) is 19.4 Å². The molecule has 1 saturated carbocycles. The lowest BCUT2D eigenvalue weighted by molar-refractivity contribution is -0.141. The van der Waals surface area contributed by atoms with Crippen molar-refractivity contribution in [3.63, 3.8) is 0 Å². The van der Waals surface area contributed by atoms with Gasteiger partial charge in [0.2, 0.25) is 17.7 Å². The highest BCUT2D eigenvalue weighted by atomic mass is 32.2. The third-order valence-corrected chi connectivity index (χ3v) is 12.5. The fraction of sp³-hybridized carbons (Fsp3) is 0.415. The van der Waals surface area contributed by atoms with Crippen LogP contribution in [0.3, 0.4) is 0 Å². The van der Waals surface area contributed by atoms with Gasteiger partial charge in [0.1, 0.15) is 45.7 Å². The lowest BCUT2D eigenvalue weighted by Gasteiger charge is -2.30. The normalized spacial score (nSPS) is 24.7. The highest BCUT2D eigenvalue weighted by molar-refractivity contribution is 7.90. The van der Waals surface area contributed by atoms with Crippen molar-refractivity contribution in [3.8, 4) is 16.5 Å². The van der Waals surface area contributed by atoms with Crippen molar-refractivity contribution in [2.75, 3.05) is 6.54 Å². The van der Waals surface area contributed by atoms with Crippen LogP contribution in [-0.4, -0.2) is 83.0 Å². The third-order valence-electron chi connectivity index (χ3n) is 10.3. The second-order valence-corrected chi connectivity index (χ2v) is 18.3. The average Bonchev–Trinajstić information content (AvgIpc) is 3.46. The van der Waals surface area contributed by atoms with Gasteiger partial charge in [-0.25, -0.2) is 32.3 Å². The minimum atomic E-state index is -4.67. The van der Waals surface area contributed by atoms with Gasteiger partial charge in [-0.2, -0.15) is 0 Å². The highest BCUT2D eigenvalue weighted by Gasteiger charge is 2.62. The van der Waals surface area contributed by atoms with Crippen LogP contribution in [0.25, 0.3) is 21.6 Å². The Morgan fingerprint density at radius 3 is 2.47 bits per heavy atom. The number of hydrogen-bond donors (Lipinski definition) is 3. The van der Waals surface area contributed by atoms with E-state index in [1.165, 1.54) is 28.4 Å². The number of nitrogens with zero attached hydrogens (tertiary/aromatic N) is 3. The van der Waals surface area contributed by atoms with Crippen LogP contribution in [0.5, 0.6) is 5.88 Å². The van der Waals surface area contributed by atoms with Crippen molar-refractivity contribution in [2.45, 2.75) is 99.9 Å². The van der Waals surface area contributed by atoms with Gasteiger partial charge in [-0.05, 0) is 82.2 Å². The molecule has 0 radical (unpaired) electrons. The highest BCUT2D eigenvalue weighted by Crippen LogP contribution is 2.46. The monoisotopic (exact) mass is 832 g/mol. The number of alkyl carbamates (subject to hydrolysis) is 1. The molecule has 3 N–H and O–H groups in total. The molecule has 2 aromatic heterocycles. The number of fused-ring (bicyclic) bond motifs is 3. The summed E-state index contributed by atoms with van der Waals surface area (Å²) in [4.78, 5) is 67.2. The number of allylic oxidation sites excluding steroid dienone is 1. The molecule has 5 atom stereocenters. The van der Waals surface area contributed by atoms with Crippen LogP contribution in [0.2, 0.25) is 0 Å². The van der Waals surface area contributed by atoms with Crippen molar-refractivity contribution < 1.29 is 41.5 Å². The van der Waals surface area contributed by atoms with Crippen LogP contribution in [0.1, 0.15) is 65.7 Å². The zero-order valence-electron chi connectivity index (χ0n) is 32.3. The maximum Gasteiger partial charge on any atom is 0.408 e. The number of thiophene rings is 1. The molecule has 2 aliphatic heterocycles. The molecule has 1 unspecified atom stereocenters. The Bertz CT molecular complexity index is 2350. The second kappa shape index (κ2) is 16.4. The molecule has 306 valence electrons. The lowest BCUT2D eigenvalue weighted by Crippen LogP contribution is -2.58. The van der Waals surface area contributed by atoms with Gasteiger partial charge in [-0.1, -0.05) is 55.3 Å². The van der Waals surface area contributed by atoms with Gasteiger partial charge in [-0.3, -0.25) is 14.4 Å². The van der Waals surface area contributed by atoms with Gasteiger partial charge in [0.15, 0.2) is 0 Å². The van der Waals surface area contributed by atoms with Crippen molar-refractivity contribution in [2.24, 2.45) is 5.92 Å². The molecule has 1 aliphatic carbocycles. The summed E-state index contributed by atoms with van der Waals surface area (Å²) in [6.45, 7) is 5.03. The van der Waals surface area contributed by atoms with Crippen LogP contribution in [0.15, 0.2) is 83.1 Å². The minimum absolute atomic E-state index is 0.0408. The fourth-order valence-electron chi connectivity index (χ4n) is 7.34. The summed E-state index contributed by atoms with van der Waals surface area (Å²) in [6, 6.07) is 13.5. The number of amides is 4. The lowest BCUT2D eigenvalue weighted by atomic mass is 10.0. The molecule has 2 aromatic carbocycles.